The summed E-state index contributed by atoms with van der Waals surface area (Å²) in [5.74, 6) is -0.0480. The monoisotopic (exact) mass is 295 g/mol. The maximum absolute atomic E-state index is 10.6. The summed E-state index contributed by atoms with van der Waals surface area (Å²) in [6.45, 7) is 0.281. The van der Waals surface area contributed by atoms with Crippen molar-refractivity contribution in [2.45, 2.75) is 6.54 Å². The highest BCUT2D eigenvalue weighted by Crippen LogP contribution is 2.19. The molecule has 0 saturated carbocycles. The van der Waals surface area contributed by atoms with E-state index in [0.29, 0.717) is 16.1 Å². The molecule has 0 spiro atoms. The normalized spacial score (nSPS) is 11.6. The molecule has 0 aliphatic heterocycles. The van der Waals surface area contributed by atoms with Gasteiger partial charge in [-0.15, -0.1) is 0 Å². The number of hydrogen-bond donors (Lipinski definition) is 2. The molecule has 9 heteroatoms. The van der Waals surface area contributed by atoms with E-state index in [1.807, 2.05) is 0 Å². The molecule has 0 radical (unpaired) electrons. The van der Waals surface area contributed by atoms with Crippen LogP contribution in [0.3, 0.4) is 0 Å². The van der Waals surface area contributed by atoms with E-state index in [1.165, 1.54) is 17.1 Å². The Morgan fingerprint density at radius 3 is 2.90 bits per heavy atom. The summed E-state index contributed by atoms with van der Waals surface area (Å²) >= 11 is 6.08. The second-order valence-corrected chi connectivity index (χ2v) is 4.35. The number of aromatic nitrogens is 2. The van der Waals surface area contributed by atoms with Crippen LogP contribution in [0, 0.1) is 10.1 Å². The van der Waals surface area contributed by atoms with E-state index in [0.717, 1.165) is 0 Å². The van der Waals surface area contributed by atoms with Gasteiger partial charge in [-0.1, -0.05) is 28.9 Å². The third-order valence-corrected chi connectivity index (χ3v) is 2.97. The van der Waals surface area contributed by atoms with Crippen LogP contribution >= 0.6 is 11.6 Å². The molecule has 0 aliphatic carbocycles. The average molecular weight is 296 g/mol. The average Bonchev–Trinajstić information content (AvgIpc) is 2.89. The van der Waals surface area contributed by atoms with Crippen molar-refractivity contribution in [3.63, 3.8) is 0 Å². The molecule has 0 aliphatic rings. The summed E-state index contributed by atoms with van der Waals surface area (Å²) in [7, 11) is 0. The van der Waals surface area contributed by atoms with Gasteiger partial charge in [0.15, 0.2) is 5.84 Å². The number of benzene rings is 1. The smallest absolute Gasteiger partial charge is 0.307 e. The van der Waals surface area contributed by atoms with Crippen molar-refractivity contribution in [3.05, 3.63) is 56.9 Å². The fraction of sp³-hybridized carbons (Fsp3) is 0.0909. The summed E-state index contributed by atoms with van der Waals surface area (Å²) < 4.78 is 1.41. The quantitative estimate of drug-likeness (QED) is 0.292. The molecular formula is C11H10ClN5O3. The topological polar surface area (TPSA) is 120 Å². The van der Waals surface area contributed by atoms with E-state index in [9.17, 15) is 10.1 Å². The molecule has 20 heavy (non-hydrogen) atoms. The first-order valence-electron chi connectivity index (χ1n) is 5.44. The number of hydrogen-bond acceptors (Lipinski definition) is 5. The fourth-order valence-electron chi connectivity index (χ4n) is 1.60. The van der Waals surface area contributed by atoms with E-state index in [2.05, 4.69) is 10.3 Å². The predicted molar refractivity (Wildman–Crippen MR) is 71.9 cm³/mol. The van der Waals surface area contributed by atoms with Crippen molar-refractivity contribution in [1.29, 1.82) is 0 Å². The van der Waals surface area contributed by atoms with Gasteiger partial charge in [0.05, 0.1) is 11.5 Å². The Bertz CT molecular complexity index is 682. The zero-order valence-corrected chi connectivity index (χ0v) is 10.9. The first kappa shape index (κ1) is 13.8. The molecule has 104 valence electrons. The number of nitrogens with zero attached hydrogens (tertiary/aromatic N) is 4. The van der Waals surface area contributed by atoms with Crippen LogP contribution < -0.4 is 5.73 Å². The number of rotatable bonds is 4. The van der Waals surface area contributed by atoms with Gasteiger partial charge in [0.2, 0.25) is 0 Å². The molecule has 3 N–H and O–H groups in total. The van der Waals surface area contributed by atoms with Crippen molar-refractivity contribution >= 4 is 23.1 Å². The van der Waals surface area contributed by atoms with E-state index >= 15 is 0 Å². The molecule has 8 nitrogen and oxygen atoms in total. The highest BCUT2D eigenvalue weighted by Gasteiger charge is 2.11. The minimum absolute atomic E-state index is 0.0480. The molecule has 2 aromatic rings. The summed E-state index contributed by atoms with van der Waals surface area (Å²) in [4.78, 5) is 10.0. The summed E-state index contributed by atoms with van der Waals surface area (Å²) in [5.41, 5.74) is 6.55. The predicted octanol–water partition coefficient (Wildman–Crippen LogP) is 1.59. The van der Waals surface area contributed by atoms with Gasteiger partial charge in [0.1, 0.15) is 12.4 Å². The van der Waals surface area contributed by atoms with Gasteiger partial charge < -0.3 is 10.9 Å². The molecule has 1 aromatic heterocycles. The van der Waals surface area contributed by atoms with Crippen LogP contribution in [0.15, 0.2) is 35.7 Å². The highest BCUT2D eigenvalue weighted by atomic mass is 35.5. The Hall–Kier alpha value is -2.61. The van der Waals surface area contributed by atoms with Gasteiger partial charge in [-0.05, 0) is 11.6 Å². The largest absolute Gasteiger partial charge is 0.409 e. The number of halogens is 1. The third-order valence-electron chi connectivity index (χ3n) is 2.62. The lowest BCUT2D eigenvalue weighted by molar-refractivity contribution is -0.385. The van der Waals surface area contributed by atoms with E-state index in [-0.39, 0.29) is 18.1 Å². The lowest BCUT2D eigenvalue weighted by atomic mass is 10.1. The van der Waals surface area contributed by atoms with Crippen LogP contribution in [0.1, 0.15) is 11.1 Å². The summed E-state index contributed by atoms with van der Waals surface area (Å²) in [6, 6.07) is 4.86. The first-order valence-corrected chi connectivity index (χ1v) is 5.82. The molecule has 0 bridgehead atoms. The Morgan fingerprint density at radius 2 is 2.35 bits per heavy atom. The molecule has 0 atom stereocenters. The Balaban J connectivity index is 2.23. The van der Waals surface area contributed by atoms with Gasteiger partial charge in [-0.3, -0.25) is 14.8 Å². The fourth-order valence-corrected chi connectivity index (χ4v) is 1.84. The second-order valence-electron chi connectivity index (χ2n) is 3.94. The highest BCUT2D eigenvalue weighted by molar-refractivity contribution is 6.31. The van der Waals surface area contributed by atoms with E-state index < -0.39 is 4.92 Å². The summed E-state index contributed by atoms with van der Waals surface area (Å²) in [6.07, 6.45) is 2.48. The van der Waals surface area contributed by atoms with Crippen LogP contribution in [-0.2, 0) is 6.54 Å². The Morgan fingerprint density at radius 1 is 1.60 bits per heavy atom. The zero-order chi connectivity index (χ0) is 14.7. The van der Waals surface area contributed by atoms with Gasteiger partial charge in [-0.25, -0.2) is 0 Å². The van der Waals surface area contributed by atoms with Gasteiger partial charge in [-0.2, -0.15) is 5.10 Å². The van der Waals surface area contributed by atoms with Crippen molar-refractivity contribution in [1.82, 2.24) is 9.78 Å². The zero-order valence-electron chi connectivity index (χ0n) is 10.1. The standard InChI is InChI=1S/C11H10ClN5O3/c12-10-3-7(11(13)15-18)1-2-8(10)5-16-6-9(4-14-16)17(19)20/h1-4,6,18H,5H2,(H2,13,15). The minimum Gasteiger partial charge on any atom is -0.409 e. The van der Waals surface area contributed by atoms with Crippen LogP contribution in [0.4, 0.5) is 5.69 Å². The number of amidine groups is 1. The van der Waals surface area contributed by atoms with E-state index in [1.54, 1.807) is 18.2 Å². The van der Waals surface area contributed by atoms with Gasteiger partial charge in [0, 0.05) is 10.6 Å². The molecule has 1 aromatic carbocycles. The van der Waals surface area contributed by atoms with Crippen molar-refractivity contribution < 1.29 is 10.1 Å². The van der Waals surface area contributed by atoms with Crippen molar-refractivity contribution in [2.75, 3.05) is 0 Å². The van der Waals surface area contributed by atoms with Gasteiger partial charge in [0.25, 0.3) is 0 Å². The van der Waals surface area contributed by atoms with Gasteiger partial charge >= 0.3 is 5.69 Å². The minimum atomic E-state index is -0.521. The maximum Gasteiger partial charge on any atom is 0.307 e. The van der Waals surface area contributed by atoms with Crippen molar-refractivity contribution in [2.24, 2.45) is 10.9 Å². The van der Waals surface area contributed by atoms with Crippen molar-refractivity contribution in [3.8, 4) is 0 Å². The number of nitrogens with two attached hydrogens (primary N) is 1. The SMILES string of the molecule is N/C(=N/O)c1ccc(Cn2cc([N+](=O)[O-])cn2)c(Cl)c1. The maximum atomic E-state index is 10.6. The Kier molecular flexibility index (Phi) is 3.85. The molecule has 0 amide bonds. The van der Waals surface area contributed by atoms with Crippen LogP contribution in [0.5, 0.6) is 0 Å². The van der Waals surface area contributed by atoms with Crippen LogP contribution in [0.25, 0.3) is 0 Å². The van der Waals surface area contributed by atoms with Crippen LogP contribution in [0.2, 0.25) is 5.02 Å². The number of nitro groups is 1. The molecule has 0 saturated heterocycles. The second kappa shape index (κ2) is 5.57. The number of oxime groups is 1. The molecule has 0 unspecified atom stereocenters. The van der Waals surface area contributed by atoms with E-state index in [4.69, 9.17) is 22.5 Å². The molecule has 1 heterocycles. The molecular weight excluding hydrogens is 286 g/mol. The molecule has 0 fully saturated rings. The first-order chi connectivity index (χ1) is 9.51. The Labute approximate surface area is 118 Å². The van der Waals surface area contributed by atoms with Crippen LogP contribution in [-0.4, -0.2) is 25.7 Å². The lowest BCUT2D eigenvalue weighted by Gasteiger charge is -2.06. The lowest BCUT2D eigenvalue weighted by Crippen LogP contribution is -2.13. The molecule has 2 rings (SSSR count). The third kappa shape index (κ3) is 2.86. The summed E-state index contributed by atoms with van der Waals surface area (Å²) in [5, 5.41) is 26.3.